The summed E-state index contributed by atoms with van der Waals surface area (Å²) in [7, 11) is 0. The standard InChI is InChI=1S/C24H22F2N6O/c1-14(13-33)21-11-30-24-23(31-20(12-32(21)24)16-7-17(25)10-27-8-16)28-6-5-15-9-29-19-4-2-3-18(26)22(15)19/h2-4,7-12,14,29,33H,5-6,13H2,1H3,(H,28,31). The van der Waals surface area contributed by atoms with Gasteiger partial charge in [0.15, 0.2) is 11.5 Å². The smallest absolute Gasteiger partial charge is 0.180 e. The molecule has 0 saturated carbocycles. The molecule has 1 atom stereocenters. The number of benzene rings is 1. The molecule has 0 spiro atoms. The van der Waals surface area contributed by atoms with Crippen LogP contribution in [0.1, 0.15) is 24.1 Å². The van der Waals surface area contributed by atoms with E-state index in [0.717, 1.165) is 23.0 Å². The first kappa shape index (κ1) is 21.0. The Morgan fingerprint density at radius 3 is 2.91 bits per heavy atom. The molecule has 5 aromatic rings. The molecule has 0 saturated heterocycles. The second-order valence-corrected chi connectivity index (χ2v) is 7.98. The predicted octanol–water partition coefficient (Wildman–Crippen LogP) is 4.30. The van der Waals surface area contributed by atoms with Gasteiger partial charge in [-0.3, -0.25) is 9.38 Å². The highest BCUT2D eigenvalue weighted by Gasteiger charge is 2.17. The molecule has 5 rings (SSSR count). The Morgan fingerprint density at radius 1 is 1.21 bits per heavy atom. The molecule has 0 aliphatic rings. The Bertz CT molecular complexity index is 1440. The molecule has 0 aliphatic carbocycles. The molecular weight excluding hydrogens is 426 g/mol. The van der Waals surface area contributed by atoms with Crippen LogP contribution >= 0.6 is 0 Å². The number of aliphatic hydroxyl groups excluding tert-OH is 1. The lowest BCUT2D eigenvalue weighted by Gasteiger charge is -2.13. The molecule has 4 aromatic heterocycles. The largest absolute Gasteiger partial charge is 0.396 e. The van der Waals surface area contributed by atoms with Crippen molar-refractivity contribution in [3.63, 3.8) is 0 Å². The van der Waals surface area contributed by atoms with Gasteiger partial charge in [0.05, 0.1) is 18.5 Å². The summed E-state index contributed by atoms with van der Waals surface area (Å²) in [6.07, 6.45) is 8.51. The highest BCUT2D eigenvalue weighted by Crippen LogP contribution is 2.27. The predicted molar refractivity (Wildman–Crippen MR) is 122 cm³/mol. The van der Waals surface area contributed by atoms with E-state index in [0.29, 0.717) is 41.1 Å². The van der Waals surface area contributed by atoms with Crippen molar-refractivity contribution in [3.8, 4) is 11.3 Å². The number of nitrogens with one attached hydrogen (secondary N) is 2. The second-order valence-electron chi connectivity index (χ2n) is 7.98. The van der Waals surface area contributed by atoms with Crippen LogP contribution in [0.3, 0.4) is 0 Å². The Balaban J connectivity index is 1.50. The lowest BCUT2D eigenvalue weighted by Crippen LogP contribution is -2.10. The fourth-order valence-corrected chi connectivity index (χ4v) is 3.99. The third-order valence-electron chi connectivity index (χ3n) is 5.72. The normalized spacial score (nSPS) is 12.5. The van der Waals surface area contributed by atoms with Crippen LogP contribution in [0.2, 0.25) is 0 Å². The van der Waals surface area contributed by atoms with Crippen LogP contribution < -0.4 is 5.32 Å². The molecule has 7 nitrogen and oxygen atoms in total. The molecule has 168 valence electrons. The first-order chi connectivity index (χ1) is 16.0. The number of aliphatic hydroxyl groups is 1. The summed E-state index contributed by atoms with van der Waals surface area (Å²) in [6.45, 7) is 2.33. The molecule has 1 unspecified atom stereocenters. The minimum Gasteiger partial charge on any atom is -0.396 e. The molecule has 33 heavy (non-hydrogen) atoms. The molecule has 0 amide bonds. The second kappa shape index (κ2) is 8.59. The molecule has 0 aliphatic heterocycles. The van der Waals surface area contributed by atoms with Crippen LogP contribution in [0.5, 0.6) is 0 Å². The fraction of sp³-hybridized carbons (Fsp3) is 0.208. The number of pyridine rings is 1. The molecule has 0 fully saturated rings. The van der Waals surface area contributed by atoms with Gasteiger partial charge in [0, 0.05) is 59.4 Å². The van der Waals surface area contributed by atoms with Crippen molar-refractivity contribution in [2.24, 2.45) is 0 Å². The minimum absolute atomic E-state index is 0.0398. The van der Waals surface area contributed by atoms with Crippen molar-refractivity contribution in [1.29, 1.82) is 0 Å². The van der Waals surface area contributed by atoms with E-state index in [9.17, 15) is 13.9 Å². The topological polar surface area (TPSA) is 91.1 Å². The summed E-state index contributed by atoms with van der Waals surface area (Å²) in [5.74, 6) is -0.364. The van der Waals surface area contributed by atoms with Crippen molar-refractivity contribution < 1.29 is 13.9 Å². The maximum absolute atomic E-state index is 14.3. The monoisotopic (exact) mass is 448 g/mol. The molecule has 0 bridgehead atoms. The molecular formula is C24H22F2N6O. The summed E-state index contributed by atoms with van der Waals surface area (Å²) < 4.78 is 29.9. The number of H-pyrrole nitrogens is 1. The molecule has 0 radical (unpaired) electrons. The SMILES string of the molecule is CC(CO)c1cnc2c(NCCc3c[nH]c4cccc(F)c34)nc(-c3cncc(F)c3)cn12. The van der Waals surface area contributed by atoms with Gasteiger partial charge >= 0.3 is 0 Å². The van der Waals surface area contributed by atoms with E-state index in [1.807, 2.05) is 23.6 Å². The third kappa shape index (κ3) is 3.91. The van der Waals surface area contributed by atoms with E-state index in [1.165, 1.54) is 12.1 Å². The quantitative estimate of drug-likeness (QED) is 0.345. The van der Waals surface area contributed by atoms with Crippen molar-refractivity contribution in [2.45, 2.75) is 19.3 Å². The summed E-state index contributed by atoms with van der Waals surface area (Å²) in [5, 5.41) is 13.5. The van der Waals surface area contributed by atoms with Crippen molar-refractivity contribution >= 4 is 22.4 Å². The maximum Gasteiger partial charge on any atom is 0.180 e. The van der Waals surface area contributed by atoms with Crippen LogP contribution in [0, 0.1) is 11.6 Å². The van der Waals surface area contributed by atoms with Gasteiger partial charge in [0.1, 0.15) is 11.6 Å². The number of rotatable bonds is 7. The Hall–Kier alpha value is -3.85. The lowest BCUT2D eigenvalue weighted by molar-refractivity contribution is 0.270. The molecule has 1 aromatic carbocycles. The van der Waals surface area contributed by atoms with E-state index in [2.05, 4.69) is 25.3 Å². The number of halogens is 2. The summed E-state index contributed by atoms with van der Waals surface area (Å²) in [6, 6.07) is 6.33. The van der Waals surface area contributed by atoms with E-state index in [-0.39, 0.29) is 18.3 Å². The Morgan fingerprint density at radius 2 is 2.09 bits per heavy atom. The fourth-order valence-electron chi connectivity index (χ4n) is 3.99. The zero-order valence-corrected chi connectivity index (χ0v) is 17.9. The molecule has 4 heterocycles. The number of hydrogen-bond acceptors (Lipinski definition) is 5. The van der Waals surface area contributed by atoms with Gasteiger partial charge < -0.3 is 15.4 Å². The summed E-state index contributed by atoms with van der Waals surface area (Å²) in [4.78, 5) is 16.2. The highest BCUT2D eigenvalue weighted by atomic mass is 19.1. The zero-order valence-electron chi connectivity index (χ0n) is 17.9. The van der Waals surface area contributed by atoms with E-state index >= 15 is 0 Å². The average Bonchev–Trinajstić information content (AvgIpc) is 3.44. The van der Waals surface area contributed by atoms with Crippen LogP contribution in [0.4, 0.5) is 14.6 Å². The van der Waals surface area contributed by atoms with Gasteiger partial charge in [-0.15, -0.1) is 0 Å². The average molecular weight is 448 g/mol. The number of fused-ring (bicyclic) bond motifs is 2. The summed E-state index contributed by atoms with van der Waals surface area (Å²) in [5.41, 5.74) is 4.04. The minimum atomic E-state index is -0.458. The zero-order chi connectivity index (χ0) is 22.9. The van der Waals surface area contributed by atoms with E-state index in [4.69, 9.17) is 0 Å². The van der Waals surface area contributed by atoms with Crippen molar-refractivity contribution in [1.82, 2.24) is 24.3 Å². The number of anilines is 1. The van der Waals surface area contributed by atoms with Crippen LogP contribution in [0.15, 0.2) is 55.2 Å². The molecule has 9 heteroatoms. The van der Waals surface area contributed by atoms with Crippen LogP contribution in [0.25, 0.3) is 27.8 Å². The Labute approximate surface area is 188 Å². The van der Waals surface area contributed by atoms with Gasteiger partial charge in [-0.2, -0.15) is 0 Å². The van der Waals surface area contributed by atoms with Crippen molar-refractivity contribution in [2.75, 3.05) is 18.5 Å². The number of hydrogen-bond donors (Lipinski definition) is 3. The van der Waals surface area contributed by atoms with E-state index in [1.54, 1.807) is 24.7 Å². The maximum atomic E-state index is 14.3. The van der Waals surface area contributed by atoms with Crippen LogP contribution in [-0.4, -0.2) is 42.6 Å². The van der Waals surface area contributed by atoms with Gasteiger partial charge in [-0.25, -0.2) is 18.7 Å². The number of nitrogens with zero attached hydrogens (tertiary/aromatic N) is 4. The van der Waals surface area contributed by atoms with Crippen LogP contribution in [-0.2, 0) is 6.42 Å². The first-order valence-electron chi connectivity index (χ1n) is 10.6. The van der Waals surface area contributed by atoms with E-state index < -0.39 is 5.82 Å². The highest BCUT2D eigenvalue weighted by molar-refractivity contribution is 5.83. The summed E-state index contributed by atoms with van der Waals surface area (Å²) >= 11 is 0. The number of aromatic amines is 1. The van der Waals surface area contributed by atoms with Gasteiger partial charge in [0.2, 0.25) is 0 Å². The molecule has 3 N–H and O–H groups in total. The van der Waals surface area contributed by atoms with Gasteiger partial charge in [-0.1, -0.05) is 13.0 Å². The lowest BCUT2D eigenvalue weighted by atomic mass is 10.1. The first-order valence-corrected chi connectivity index (χ1v) is 10.6. The number of imidazole rings is 1. The number of aromatic nitrogens is 5. The van der Waals surface area contributed by atoms with Crippen molar-refractivity contribution in [3.05, 3.63) is 78.1 Å². The third-order valence-corrected chi connectivity index (χ3v) is 5.72. The van der Waals surface area contributed by atoms with Gasteiger partial charge in [0.25, 0.3) is 0 Å². The Kier molecular flexibility index (Phi) is 5.47. The van der Waals surface area contributed by atoms with Gasteiger partial charge in [-0.05, 0) is 30.2 Å².